The van der Waals surface area contributed by atoms with Crippen molar-refractivity contribution in [2.24, 2.45) is 10.8 Å². The van der Waals surface area contributed by atoms with Crippen molar-refractivity contribution in [3.63, 3.8) is 0 Å². The molecule has 94 valence electrons. The maximum Gasteiger partial charge on any atom is 0.157 e. The third-order valence-electron chi connectivity index (χ3n) is 5.58. The van der Waals surface area contributed by atoms with Crippen LogP contribution >= 0.6 is 0 Å². The first-order valence-corrected chi connectivity index (χ1v) is 7.24. The third kappa shape index (κ3) is 1.53. The molecule has 3 aliphatic carbocycles. The highest BCUT2D eigenvalue weighted by molar-refractivity contribution is 5.26. The molecule has 1 heterocycles. The molecular weight excluding hydrogens is 212 g/mol. The summed E-state index contributed by atoms with van der Waals surface area (Å²) in [7, 11) is 0. The van der Waals surface area contributed by atoms with Gasteiger partial charge in [-0.25, -0.2) is 0 Å². The summed E-state index contributed by atoms with van der Waals surface area (Å²) in [5.41, 5.74) is 1.28. The lowest BCUT2D eigenvalue weighted by Crippen LogP contribution is -2.27. The Morgan fingerprint density at radius 3 is 2.47 bits per heavy atom. The summed E-state index contributed by atoms with van der Waals surface area (Å²) in [6.07, 6.45) is 15.6. The van der Waals surface area contributed by atoms with Crippen LogP contribution in [-0.2, 0) is 9.47 Å². The molecule has 0 amide bonds. The molecule has 0 aromatic rings. The Morgan fingerprint density at radius 1 is 1.06 bits per heavy atom. The van der Waals surface area contributed by atoms with Crippen molar-refractivity contribution >= 4 is 0 Å². The molecule has 2 heteroatoms. The second-order valence-electron chi connectivity index (χ2n) is 6.58. The van der Waals surface area contributed by atoms with Crippen molar-refractivity contribution < 1.29 is 9.47 Å². The van der Waals surface area contributed by atoms with E-state index in [1.54, 1.807) is 0 Å². The van der Waals surface area contributed by atoms with Gasteiger partial charge in [-0.3, -0.25) is 0 Å². The smallest absolute Gasteiger partial charge is 0.157 e. The van der Waals surface area contributed by atoms with E-state index in [0.29, 0.717) is 16.9 Å². The zero-order valence-corrected chi connectivity index (χ0v) is 10.5. The Bertz CT molecular complexity index is 323. The monoisotopic (exact) mass is 234 g/mol. The molecule has 0 radical (unpaired) electrons. The van der Waals surface area contributed by atoms with Crippen molar-refractivity contribution in [3.8, 4) is 0 Å². The summed E-state index contributed by atoms with van der Waals surface area (Å²) in [4.78, 5) is 0. The lowest BCUT2D eigenvalue weighted by atomic mass is 9.86. The highest BCUT2D eigenvalue weighted by Crippen LogP contribution is 2.78. The van der Waals surface area contributed by atoms with Crippen molar-refractivity contribution in [1.82, 2.24) is 0 Å². The van der Waals surface area contributed by atoms with Gasteiger partial charge in [0.1, 0.15) is 0 Å². The van der Waals surface area contributed by atoms with E-state index in [4.69, 9.17) is 9.47 Å². The molecule has 1 aliphatic heterocycles. The van der Waals surface area contributed by atoms with Crippen molar-refractivity contribution in [1.29, 1.82) is 0 Å². The van der Waals surface area contributed by atoms with E-state index < -0.39 is 0 Å². The van der Waals surface area contributed by atoms with Crippen molar-refractivity contribution in [3.05, 3.63) is 12.2 Å². The first-order chi connectivity index (χ1) is 8.32. The van der Waals surface area contributed by atoms with Gasteiger partial charge in [-0.05, 0) is 62.2 Å². The van der Waals surface area contributed by atoms with E-state index in [2.05, 4.69) is 12.2 Å². The normalized spacial score (nSPS) is 48.8. The number of hydrogen-bond donors (Lipinski definition) is 0. The minimum absolute atomic E-state index is 0.106. The van der Waals surface area contributed by atoms with Gasteiger partial charge in [-0.1, -0.05) is 12.2 Å². The van der Waals surface area contributed by atoms with Gasteiger partial charge in [0.15, 0.2) is 6.29 Å². The van der Waals surface area contributed by atoms with Crippen LogP contribution in [0.4, 0.5) is 0 Å². The van der Waals surface area contributed by atoms with Crippen LogP contribution in [0.25, 0.3) is 0 Å². The zero-order chi connectivity index (χ0) is 11.3. The molecule has 0 spiro atoms. The Balaban J connectivity index is 1.39. The van der Waals surface area contributed by atoms with E-state index in [-0.39, 0.29) is 6.29 Å². The first-order valence-electron chi connectivity index (χ1n) is 7.24. The maximum absolute atomic E-state index is 6.18. The zero-order valence-electron chi connectivity index (χ0n) is 10.5. The molecule has 17 heavy (non-hydrogen) atoms. The Labute approximate surface area is 103 Å². The average Bonchev–Trinajstić information content (AvgIpc) is 2.87. The summed E-state index contributed by atoms with van der Waals surface area (Å²) in [6.45, 7) is 0.898. The van der Waals surface area contributed by atoms with Gasteiger partial charge in [-0.2, -0.15) is 0 Å². The molecule has 3 fully saturated rings. The van der Waals surface area contributed by atoms with Crippen LogP contribution < -0.4 is 0 Å². The van der Waals surface area contributed by atoms with Gasteiger partial charge >= 0.3 is 0 Å². The van der Waals surface area contributed by atoms with E-state index >= 15 is 0 Å². The first kappa shape index (κ1) is 10.6. The van der Waals surface area contributed by atoms with E-state index in [0.717, 1.165) is 13.0 Å². The number of ether oxygens (including phenoxy) is 2. The van der Waals surface area contributed by atoms with Crippen LogP contribution in [-0.4, -0.2) is 19.0 Å². The van der Waals surface area contributed by atoms with Crippen LogP contribution in [0, 0.1) is 10.8 Å². The maximum atomic E-state index is 6.18. The van der Waals surface area contributed by atoms with E-state index in [1.807, 2.05) is 0 Å². The van der Waals surface area contributed by atoms with Gasteiger partial charge in [0.2, 0.25) is 0 Å². The summed E-state index contributed by atoms with van der Waals surface area (Å²) in [6, 6.07) is 0. The predicted molar refractivity (Wildman–Crippen MR) is 65.6 cm³/mol. The fraction of sp³-hybridized carbons (Fsp3) is 0.867. The molecule has 3 atom stereocenters. The van der Waals surface area contributed by atoms with E-state index in [9.17, 15) is 0 Å². The standard InChI is InChI=1S/C15H22O2/c1-4-8-16-13(5-1)17-12-9-14-6-2-3-7-15(14,10-12)11-14/h2-3,12-13H,1,4-11H2/t13-,14+,15+/m0/s1. The average molecular weight is 234 g/mol. The van der Waals surface area contributed by atoms with Gasteiger partial charge in [0.05, 0.1) is 6.10 Å². The van der Waals surface area contributed by atoms with Gasteiger partial charge in [0, 0.05) is 6.61 Å². The van der Waals surface area contributed by atoms with Crippen molar-refractivity contribution in [2.45, 2.75) is 63.8 Å². The molecule has 1 saturated heterocycles. The fourth-order valence-electron chi connectivity index (χ4n) is 4.62. The lowest BCUT2D eigenvalue weighted by Gasteiger charge is -2.27. The fourth-order valence-corrected chi connectivity index (χ4v) is 4.62. The second-order valence-corrected chi connectivity index (χ2v) is 6.58. The van der Waals surface area contributed by atoms with Gasteiger partial charge in [0.25, 0.3) is 0 Å². The van der Waals surface area contributed by atoms with Crippen LogP contribution in [0.2, 0.25) is 0 Å². The van der Waals surface area contributed by atoms with Crippen molar-refractivity contribution in [2.75, 3.05) is 6.61 Å². The quantitative estimate of drug-likeness (QED) is 0.682. The minimum atomic E-state index is 0.106. The second kappa shape index (κ2) is 3.58. The Kier molecular flexibility index (Phi) is 2.23. The molecule has 0 aromatic carbocycles. The summed E-state index contributed by atoms with van der Waals surface area (Å²) in [5, 5.41) is 0. The van der Waals surface area contributed by atoms with Gasteiger partial charge in [-0.15, -0.1) is 0 Å². The highest BCUT2D eigenvalue weighted by atomic mass is 16.7. The summed E-state index contributed by atoms with van der Waals surface area (Å²) < 4.78 is 11.9. The minimum Gasteiger partial charge on any atom is -0.353 e. The van der Waals surface area contributed by atoms with Crippen LogP contribution in [0.3, 0.4) is 0 Å². The largest absolute Gasteiger partial charge is 0.353 e. The molecule has 0 unspecified atom stereocenters. The molecule has 4 aliphatic rings. The molecule has 2 saturated carbocycles. The third-order valence-corrected chi connectivity index (χ3v) is 5.58. The molecule has 0 aromatic heterocycles. The van der Waals surface area contributed by atoms with Crippen LogP contribution in [0.15, 0.2) is 12.2 Å². The Morgan fingerprint density at radius 2 is 1.82 bits per heavy atom. The van der Waals surface area contributed by atoms with E-state index in [1.165, 1.54) is 44.9 Å². The predicted octanol–water partition coefficient (Wildman–Crippen LogP) is 3.42. The summed E-state index contributed by atoms with van der Waals surface area (Å²) in [5.74, 6) is 0. The summed E-state index contributed by atoms with van der Waals surface area (Å²) >= 11 is 0. The van der Waals surface area contributed by atoms with Crippen LogP contribution in [0.5, 0.6) is 0 Å². The van der Waals surface area contributed by atoms with Crippen LogP contribution in [0.1, 0.15) is 51.4 Å². The topological polar surface area (TPSA) is 18.5 Å². The molecule has 2 nitrogen and oxygen atoms in total. The number of allylic oxidation sites excluding steroid dienone is 2. The Hall–Kier alpha value is -0.340. The molecule has 4 rings (SSSR count). The number of hydrogen-bond acceptors (Lipinski definition) is 2. The molecular formula is C15H22O2. The molecule has 0 bridgehead atoms. The SMILES string of the molecule is C1=CC[C@]23CC(O[C@H]4CCCCO4)C[C@]2(C1)C3. The number of rotatable bonds is 2. The van der Waals surface area contributed by atoms with Gasteiger partial charge < -0.3 is 9.47 Å². The highest BCUT2D eigenvalue weighted by Gasteiger charge is 2.71. The molecule has 0 N–H and O–H groups in total. The lowest BCUT2D eigenvalue weighted by molar-refractivity contribution is -0.189.